The zero-order valence-electron chi connectivity index (χ0n) is 13.2. The molecule has 0 bridgehead atoms. The summed E-state index contributed by atoms with van der Waals surface area (Å²) in [4.78, 5) is 0. The number of methoxy groups -OCH3 is 2. The first kappa shape index (κ1) is 16.8. The van der Waals surface area contributed by atoms with Gasteiger partial charge in [0.05, 0.1) is 14.2 Å². The normalized spacial score (nSPS) is 12.0. The molecule has 2 rings (SSSR count). The van der Waals surface area contributed by atoms with Crippen molar-refractivity contribution in [2.75, 3.05) is 14.2 Å². The van der Waals surface area contributed by atoms with Crippen LogP contribution in [-0.4, -0.2) is 20.3 Å². The second-order valence-electron chi connectivity index (χ2n) is 5.31. The predicted molar refractivity (Wildman–Crippen MR) is 93.7 cm³/mol. The molecule has 0 amide bonds. The molecule has 0 saturated heterocycles. The van der Waals surface area contributed by atoms with E-state index in [1.54, 1.807) is 14.2 Å². The molecule has 3 nitrogen and oxygen atoms in total. The molecule has 0 aromatic heterocycles. The predicted octanol–water partition coefficient (Wildman–Crippen LogP) is 4.19. The van der Waals surface area contributed by atoms with Crippen molar-refractivity contribution in [1.82, 2.24) is 5.32 Å². The van der Waals surface area contributed by atoms with Crippen molar-refractivity contribution in [2.24, 2.45) is 0 Å². The minimum atomic E-state index is 0.372. The molecule has 1 atom stereocenters. The molecule has 22 heavy (non-hydrogen) atoms. The highest BCUT2D eigenvalue weighted by molar-refractivity contribution is 9.10. The molecule has 0 heterocycles. The number of hydrogen-bond donors (Lipinski definition) is 1. The third-order valence-corrected chi connectivity index (χ3v) is 4.03. The van der Waals surface area contributed by atoms with Gasteiger partial charge in [-0.25, -0.2) is 0 Å². The second kappa shape index (κ2) is 8.20. The summed E-state index contributed by atoms with van der Waals surface area (Å²) < 4.78 is 11.7. The average molecular weight is 364 g/mol. The fourth-order valence-corrected chi connectivity index (χ4v) is 2.82. The number of rotatable bonds is 7. The number of halogens is 1. The van der Waals surface area contributed by atoms with Gasteiger partial charge in [0, 0.05) is 17.1 Å². The highest BCUT2D eigenvalue weighted by Gasteiger charge is 2.08. The van der Waals surface area contributed by atoms with Gasteiger partial charge < -0.3 is 14.8 Å². The van der Waals surface area contributed by atoms with Gasteiger partial charge in [-0.05, 0) is 48.7 Å². The Kier molecular flexibility index (Phi) is 6.28. The maximum Gasteiger partial charge on any atom is 0.160 e. The minimum absolute atomic E-state index is 0.372. The van der Waals surface area contributed by atoms with E-state index >= 15 is 0 Å². The summed E-state index contributed by atoms with van der Waals surface area (Å²) in [5.41, 5.74) is 2.50. The van der Waals surface area contributed by atoms with E-state index in [0.29, 0.717) is 6.04 Å². The van der Waals surface area contributed by atoms with Crippen LogP contribution in [0.4, 0.5) is 0 Å². The summed E-state index contributed by atoms with van der Waals surface area (Å²) in [6.45, 7) is 3.04. The fraction of sp³-hybridized carbons (Fsp3) is 0.333. The van der Waals surface area contributed by atoms with Crippen LogP contribution < -0.4 is 14.8 Å². The maximum absolute atomic E-state index is 5.35. The van der Waals surface area contributed by atoms with Gasteiger partial charge in [0.1, 0.15) is 0 Å². The molecule has 0 radical (unpaired) electrons. The summed E-state index contributed by atoms with van der Waals surface area (Å²) in [7, 11) is 3.32. The highest BCUT2D eigenvalue weighted by atomic mass is 79.9. The summed E-state index contributed by atoms with van der Waals surface area (Å²) in [5.74, 6) is 1.54. The molecule has 0 saturated carbocycles. The van der Waals surface area contributed by atoms with Crippen LogP contribution in [0.2, 0.25) is 0 Å². The summed E-state index contributed by atoms with van der Waals surface area (Å²) in [5, 5.41) is 3.55. The molecular formula is C18H22BrNO2. The van der Waals surface area contributed by atoms with Gasteiger partial charge in [-0.15, -0.1) is 0 Å². The molecular weight excluding hydrogens is 342 g/mol. The van der Waals surface area contributed by atoms with Crippen molar-refractivity contribution in [3.63, 3.8) is 0 Å². The number of benzene rings is 2. The third kappa shape index (κ3) is 4.75. The first-order valence-corrected chi connectivity index (χ1v) is 8.10. The molecule has 0 aliphatic rings. The molecule has 118 valence electrons. The van der Waals surface area contributed by atoms with E-state index in [-0.39, 0.29) is 0 Å². The van der Waals surface area contributed by atoms with E-state index in [2.05, 4.69) is 52.4 Å². The Hall–Kier alpha value is -1.52. The molecule has 0 spiro atoms. The Morgan fingerprint density at radius 3 is 2.45 bits per heavy atom. The minimum Gasteiger partial charge on any atom is -0.493 e. The van der Waals surface area contributed by atoms with Crippen LogP contribution >= 0.6 is 15.9 Å². The Morgan fingerprint density at radius 2 is 1.77 bits per heavy atom. The van der Waals surface area contributed by atoms with Crippen LogP contribution in [0.5, 0.6) is 11.5 Å². The van der Waals surface area contributed by atoms with Gasteiger partial charge in [-0.3, -0.25) is 0 Å². The van der Waals surface area contributed by atoms with Crippen molar-refractivity contribution in [2.45, 2.75) is 25.9 Å². The topological polar surface area (TPSA) is 30.5 Å². The summed E-state index contributed by atoms with van der Waals surface area (Å²) >= 11 is 3.50. The van der Waals surface area contributed by atoms with Crippen LogP contribution in [-0.2, 0) is 13.0 Å². The van der Waals surface area contributed by atoms with E-state index in [9.17, 15) is 0 Å². The van der Waals surface area contributed by atoms with Crippen LogP contribution in [0.1, 0.15) is 18.1 Å². The molecule has 0 unspecified atom stereocenters. The van der Waals surface area contributed by atoms with Gasteiger partial charge >= 0.3 is 0 Å². The van der Waals surface area contributed by atoms with E-state index in [4.69, 9.17) is 9.47 Å². The van der Waals surface area contributed by atoms with Gasteiger partial charge in [-0.1, -0.05) is 34.1 Å². The Balaban J connectivity index is 1.93. The van der Waals surface area contributed by atoms with E-state index < -0.39 is 0 Å². The zero-order valence-corrected chi connectivity index (χ0v) is 14.8. The molecule has 4 heteroatoms. The summed E-state index contributed by atoms with van der Waals surface area (Å²) in [6.07, 6.45) is 0.939. The van der Waals surface area contributed by atoms with Crippen LogP contribution in [0, 0.1) is 0 Å². The van der Waals surface area contributed by atoms with Crippen molar-refractivity contribution in [1.29, 1.82) is 0 Å². The Morgan fingerprint density at radius 1 is 1.00 bits per heavy atom. The number of nitrogens with one attached hydrogen (secondary N) is 1. The average Bonchev–Trinajstić information content (AvgIpc) is 2.53. The lowest BCUT2D eigenvalue weighted by Crippen LogP contribution is -2.27. The van der Waals surface area contributed by atoms with Crippen molar-refractivity contribution >= 4 is 15.9 Å². The van der Waals surface area contributed by atoms with Crippen molar-refractivity contribution < 1.29 is 9.47 Å². The first-order valence-electron chi connectivity index (χ1n) is 7.31. The largest absolute Gasteiger partial charge is 0.493 e. The quantitative estimate of drug-likeness (QED) is 0.799. The fourth-order valence-electron chi connectivity index (χ4n) is 2.37. The van der Waals surface area contributed by atoms with Crippen LogP contribution in [0.3, 0.4) is 0 Å². The van der Waals surface area contributed by atoms with E-state index in [1.807, 2.05) is 18.2 Å². The third-order valence-electron chi connectivity index (χ3n) is 3.53. The molecule has 1 N–H and O–H groups in total. The Bertz CT molecular complexity index is 616. The monoisotopic (exact) mass is 363 g/mol. The second-order valence-corrected chi connectivity index (χ2v) is 6.22. The maximum atomic E-state index is 5.35. The SMILES string of the molecule is COc1ccc(C[C@@H](C)NCc2cccc(Br)c2)cc1OC. The lowest BCUT2D eigenvalue weighted by atomic mass is 10.1. The van der Waals surface area contributed by atoms with E-state index in [1.165, 1.54) is 11.1 Å². The lowest BCUT2D eigenvalue weighted by molar-refractivity contribution is 0.354. The van der Waals surface area contributed by atoms with Crippen molar-refractivity contribution in [3.8, 4) is 11.5 Å². The standard InChI is InChI=1S/C18H22BrNO2/c1-13(20-12-15-5-4-6-16(19)10-15)9-14-7-8-17(21-2)18(11-14)22-3/h4-8,10-11,13,20H,9,12H2,1-3H3/t13-/m1/s1. The molecule has 0 aliphatic carbocycles. The molecule has 0 aliphatic heterocycles. The van der Waals surface area contributed by atoms with Gasteiger partial charge in [-0.2, -0.15) is 0 Å². The summed E-state index contributed by atoms with van der Waals surface area (Å²) in [6, 6.07) is 14.8. The smallest absolute Gasteiger partial charge is 0.160 e. The first-order chi connectivity index (χ1) is 10.6. The van der Waals surface area contributed by atoms with Crippen LogP contribution in [0.25, 0.3) is 0 Å². The molecule has 2 aromatic rings. The lowest BCUT2D eigenvalue weighted by Gasteiger charge is -2.15. The molecule has 0 fully saturated rings. The molecule has 2 aromatic carbocycles. The zero-order chi connectivity index (χ0) is 15.9. The highest BCUT2D eigenvalue weighted by Crippen LogP contribution is 2.28. The van der Waals surface area contributed by atoms with Gasteiger partial charge in [0.15, 0.2) is 11.5 Å². The van der Waals surface area contributed by atoms with Crippen molar-refractivity contribution in [3.05, 3.63) is 58.1 Å². The van der Waals surface area contributed by atoms with Gasteiger partial charge in [0.25, 0.3) is 0 Å². The van der Waals surface area contributed by atoms with Crippen LogP contribution in [0.15, 0.2) is 46.9 Å². The Labute approximate surface area is 140 Å². The van der Waals surface area contributed by atoms with E-state index in [0.717, 1.165) is 28.9 Å². The number of ether oxygens (including phenoxy) is 2. The number of hydrogen-bond acceptors (Lipinski definition) is 3. The van der Waals surface area contributed by atoms with Gasteiger partial charge in [0.2, 0.25) is 0 Å².